The summed E-state index contributed by atoms with van der Waals surface area (Å²) in [6, 6.07) is 9.45. The van der Waals surface area contributed by atoms with Crippen LogP contribution in [0.1, 0.15) is 26.3 Å². The van der Waals surface area contributed by atoms with Gasteiger partial charge in [-0.05, 0) is 26.3 Å². The summed E-state index contributed by atoms with van der Waals surface area (Å²) in [4.78, 5) is 24.2. The first-order chi connectivity index (χ1) is 10.6. The van der Waals surface area contributed by atoms with Crippen LogP contribution in [0.15, 0.2) is 41.7 Å². The van der Waals surface area contributed by atoms with Crippen LogP contribution in [0.25, 0.3) is 0 Å². The molecule has 0 unspecified atom stereocenters. The Kier molecular flexibility index (Phi) is 7.75. The van der Waals surface area contributed by atoms with E-state index in [9.17, 15) is 9.59 Å². The van der Waals surface area contributed by atoms with Gasteiger partial charge in [0.05, 0.1) is 19.8 Å². The van der Waals surface area contributed by atoms with Gasteiger partial charge in [-0.15, -0.1) is 0 Å². The molecule has 0 heterocycles. The molecular weight excluding hydrogens is 284 g/mol. The zero-order chi connectivity index (χ0) is 16.4. The predicted molar refractivity (Wildman–Crippen MR) is 82.1 cm³/mol. The molecular formula is C17H22O5. The smallest absolute Gasteiger partial charge is 0.349 e. The number of benzene rings is 1. The summed E-state index contributed by atoms with van der Waals surface area (Å²) in [5.41, 5.74) is 0.756. The van der Waals surface area contributed by atoms with E-state index in [1.807, 2.05) is 30.3 Å². The molecule has 0 atom stereocenters. The standard InChI is InChI=1S/C17H22O5/c1-4-20-14(12-13-10-8-7-9-11-13)15(16(18)21-5-2)17(19)22-6-3/h7-11H,4-6,12H2,1-3H3. The van der Waals surface area contributed by atoms with Crippen LogP contribution in [0, 0.1) is 0 Å². The van der Waals surface area contributed by atoms with E-state index in [1.54, 1.807) is 20.8 Å². The molecule has 0 fully saturated rings. The topological polar surface area (TPSA) is 61.8 Å². The zero-order valence-corrected chi connectivity index (χ0v) is 13.3. The molecule has 0 aliphatic rings. The number of esters is 2. The fraction of sp³-hybridized carbons (Fsp3) is 0.412. The van der Waals surface area contributed by atoms with Crippen molar-refractivity contribution in [3.63, 3.8) is 0 Å². The van der Waals surface area contributed by atoms with Gasteiger partial charge < -0.3 is 14.2 Å². The van der Waals surface area contributed by atoms with E-state index < -0.39 is 11.9 Å². The third-order valence-electron chi connectivity index (χ3n) is 2.76. The highest BCUT2D eigenvalue weighted by Gasteiger charge is 2.27. The maximum absolute atomic E-state index is 12.1. The molecule has 1 aromatic rings. The summed E-state index contributed by atoms with van der Waals surface area (Å²) in [7, 11) is 0. The van der Waals surface area contributed by atoms with E-state index in [2.05, 4.69) is 0 Å². The molecule has 5 heteroatoms. The van der Waals surface area contributed by atoms with Crippen LogP contribution < -0.4 is 0 Å². The van der Waals surface area contributed by atoms with Gasteiger partial charge in [0.25, 0.3) is 0 Å². The number of rotatable bonds is 8. The van der Waals surface area contributed by atoms with Crippen LogP contribution in [0.2, 0.25) is 0 Å². The summed E-state index contributed by atoms with van der Waals surface area (Å²) < 4.78 is 15.4. The van der Waals surface area contributed by atoms with Crippen molar-refractivity contribution in [2.45, 2.75) is 27.2 Å². The Morgan fingerprint density at radius 1 is 0.818 bits per heavy atom. The third-order valence-corrected chi connectivity index (χ3v) is 2.76. The van der Waals surface area contributed by atoms with Crippen molar-refractivity contribution in [3.8, 4) is 0 Å². The number of carbonyl (C=O) groups is 2. The van der Waals surface area contributed by atoms with Crippen LogP contribution in [-0.4, -0.2) is 31.8 Å². The SMILES string of the molecule is CCOC(=O)C(C(=O)OCC)=C(Cc1ccccc1)OCC. The molecule has 1 aromatic carbocycles. The summed E-state index contributed by atoms with van der Waals surface area (Å²) >= 11 is 0. The van der Waals surface area contributed by atoms with Gasteiger partial charge in [-0.25, -0.2) is 9.59 Å². The Bertz CT molecular complexity index is 499. The predicted octanol–water partition coefficient (Wildman–Crippen LogP) is 2.65. The summed E-state index contributed by atoms with van der Waals surface area (Å²) in [5.74, 6) is -1.17. The number of allylic oxidation sites excluding steroid dienone is 1. The molecule has 1 rings (SSSR count). The van der Waals surface area contributed by atoms with Gasteiger partial charge in [0.2, 0.25) is 0 Å². The van der Waals surface area contributed by atoms with Gasteiger partial charge in [0, 0.05) is 6.42 Å². The molecule has 0 N–H and O–H groups in total. The highest BCUT2D eigenvalue weighted by atomic mass is 16.6. The van der Waals surface area contributed by atoms with Crippen molar-refractivity contribution in [1.82, 2.24) is 0 Å². The van der Waals surface area contributed by atoms with E-state index in [1.165, 1.54) is 0 Å². The average molecular weight is 306 g/mol. The largest absolute Gasteiger partial charge is 0.497 e. The van der Waals surface area contributed by atoms with Crippen molar-refractivity contribution < 1.29 is 23.8 Å². The number of ether oxygens (including phenoxy) is 3. The first-order valence-electron chi connectivity index (χ1n) is 7.38. The Morgan fingerprint density at radius 3 is 1.77 bits per heavy atom. The van der Waals surface area contributed by atoms with E-state index in [4.69, 9.17) is 14.2 Å². The zero-order valence-electron chi connectivity index (χ0n) is 13.3. The lowest BCUT2D eigenvalue weighted by atomic mass is 10.1. The van der Waals surface area contributed by atoms with Gasteiger partial charge in [-0.3, -0.25) is 0 Å². The Balaban J connectivity index is 3.19. The number of hydrogen-bond donors (Lipinski definition) is 0. The molecule has 0 aliphatic carbocycles. The number of carbonyl (C=O) groups excluding carboxylic acids is 2. The second-order valence-corrected chi connectivity index (χ2v) is 4.33. The molecule has 120 valence electrons. The molecule has 0 aliphatic heterocycles. The van der Waals surface area contributed by atoms with Gasteiger partial charge >= 0.3 is 11.9 Å². The summed E-state index contributed by atoms with van der Waals surface area (Å²) in [5, 5.41) is 0. The van der Waals surface area contributed by atoms with Crippen molar-refractivity contribution in [3.05, 3.63) is 47.2 Å². The lowest BCUT2D eigenvalue weighted by molar-refractivity contribution is -0.147. The van der Waals surface area contributed by atoms with E-state index in [0.717, 1.165) is 5.56 Å². The van der Waals surface area contributed by atoms with Crippen molar-refractivity contribution in [1.29, 1.82) is 0 Å². The fourth-order valence-electron chi connectivity index (χ4n) is 1.88. The minimum absolute atomic E-state index is 0.172. The Hall–Kier alpha value is -2.30. The van der Waals surface area contributed by atoms with Gasteiger partial charge in [0.1, 0.15) is 5.76 Å². The van der Waals surface area contributed by atoms with Crippen LogP contribution in [0.3, 0.4) is 0 Å². The molecule has 0 amide bonds. The second-order valence-electron chi connectivity index (χ2n) is 4.33. The molecule has 0 radical (unpaired) electrons. The lowest BCUT2D eigenvalue weighted by Gasteiger charge is -2.14. The van der Waals surface area contributed by atoms with Crippen LogP contribution in [-0.2, 0) is 30.2 Å². The van der Waals surface area contributed by atoms with E-state index >= 15 is 0 Å². The van der Waals surface area contributed by atoms with E-state index in [0.29, 0.717) is 13.0 Å². The molecule has 0 saturated carbocycles. The maximum Gasteiger partial charge on any atom is 0.349 e. The second kappa shape index (κ2) is 9.60. The first-order valence-corrected chi connectivity index (χ1v) is 7.38. The van der Waals surface area contributed by atoms with Crippen LogP contribution in [0.5, 0.6) is 0 Å². The molecule has 0 bridgehead atoms. The molecule has 0 aromatic heterocycles. The normalized spacial score (nSPS) is 9.77. The maximum atomic E-state index is 12.1. The number of hydrogen-bond acceptors (Lipinski definition) is 5. The van der Waals surface area contributed by atoms with E-state index in [-0.39, 0.29) is 24.5 Å². The van der Waals surface area contributed by atoms with Gasteiger partial charge in [0.15, 0.2) is 5.57 Å². The fourth-order valence-corrected chi connectivity index (χ4v) is 1.88. The average Bonchev–Trinajstić information content (AvgIpc) is 2.49. The Labute approximate surface area is 130 Å². The van der Waals surface area contributed by atoms with Crippen molar-refractivity contribution in [2.24, 2.45) is 0 Å². The highest BCUT2D eigenvalue weighted by molar-refractivity contribution is 6.14. The Morgan fingerprint density at radius 2 is 1.32 bits per heavy atom. The molecule has 0 saturated heterocycles. The van der Waals surface area contributed by atoms with Crippen LogP contribution in [0.4, 0.5) is 0 Å². The van der Waals surface area contributed by atoms with Gasteiger partial charge in [-0.1, -0.05) is 30.3 Å². The molecule has 5 nitrogen and oxygen atoms in total. The van der Waals surface area contributed by atoms with Crippen LogP contribution >= 0.6 is 0 Å². The quantitative estimate of drug-likeness (QED) is 0.243. The minimum Gasteiger partial charge on any atom is -0.497 e. The monoisotopic (exact) mass is 306 g/mol. The third kappa shape index (κ3) is 5.24. The van der Waals surface area contributed by atoms with Gasteiger partial charge in [-0.2, -0.15) is 0 Å². The molecule has 22 heavy (non-hydrogen) atoms. The summed E-state index contributed by atoms with van der Waals surface area (Å²) in [6.45, 7) is 5.83. The van der Waals surface area contributed by atoms with Crippen molar-refractivity contribution >= 4 is 11.9 Å². The first kappa shape index (κ1) is 17.8. The summed E-state index contributed by atoms with van der Waals surface area (Å²) in [6.07, 6.45) is 0.321. The van der Waals surface area contributed by atoms with Crippen molar-refractivity contribution in [2.75, 3.05) is 19.8 Å². The highest BCUT2D eigenvalue weighted by Crippen LogP contribution is 2.17. The molecule has 0 spiro atoms. The minimum atomic E-state index is -0.722. The lowest BCUT2D eigenvalue weighted by Crippen LogP contribution is -2.22.